The number of hydrogen-bond acceptors (Lipinski definition) is 4. The average Bonchev–Trinajstić information content (AvgIpc) is 2.49. The highest BCUT2D eigenvalue weighted by Gasteiger charge is 2.09. The molecule has 0 saturated carbocycles. The molecule has 106 valence electrons. The van der Waals surface area contributed by atoms with E-state index in [9.17, 15) is 9.59 Å². The fraction of sp³-hybridized carbons (Fsp3) is 0.125. The van der Waals surface area contributed by atoms with E-state index in [2.05, 4.69) is 15.5 Å². The van der Waals surface area contributed by atoms with Gasteiger partial charge in [0.2, 0.25) is 5.91 Å². The Hall–Kier alpha value is -2.82. The third-order valence-corrected chi connectivity index (χ3v) is 2.60. The number of nitrogens with one attached hydrogen (secondary N) is 1. The maximum Gasteiger partial charge on any atom is 0.231 e. The maximum absolute atomic E-state index is 11.7. The van der Waals surface area contributed by atoms with Gasteiger partial charge in [0, 0.05) is 5.69 Å². The number of azo groups is 1. The number of Topliss-reactive ketones (excluding diaryl/α,β-unsaturated/α-hetero) is 1. The molecule has 0 aliphatic rings. The molecule has 21 heavy (non-hydrogen) atoms. The van der Waals surface area contributed by atoms with Gasteiger partial charge in [-0.1, -0.05) is 36.4 Å². The molecule has 5 nitrogen and oxygen atoms in total. The second-order valence-corrected chi connectivity index (χ2v) is 4.36. The highest BCUT2D eigenvalue weighted by atomic mass is 16.2. The minimum atomic E-state index is -0.346. The van der Waals surface area contributed by atoms with E-state index in [4.69, 9.17) is 0 Å². The lowest BCUT2D eigenvalue weighted by Gasteiger charge is -2.03. The van der Waals surface area contributed by atoms with Crippen LogP contribution >= 0.6 is 0 Å². The number of carbonyl (C=O) groups excluding carboxylic acids is 2. The molecule has 0 fully saturated rings. The quantitative estimate of drug-likeness (QED) is 0.651. The van der Waals surface area contributed by atoms with Crippen LogP contribution in [0.1, 0.15) is 6.42 Å². The lowest BCUT2D eigenvalue weighted by atomic mass is 10.2. The van der Waals surface area contributed by atoms with E-state index < -0.39 is 0 Å². The summed E-state index contributed by atoms with van der Waals surface area (Å²) in [4.78, 5) is 23.3. The largest absolute Gasteiger partial charge is 0.326 e. The Labute approximate surface area is 122 Å². The molecule has 5 heteroatoms. The van der Waals surface area contributed by atoms with E-state index in [1.165, 1.54) is 0 Å². The van der Waals surface area contributed by atoms with E-state index >= 15 is 0 Å². The van der Waals surface area contributed by atoms with Crippen molar-refractivity contribution in [3.63, 3.8) is 0 Å². The molecule has 0 aliphatic heterocycles. The predicted octanol–water partition coefficient (Wildman–Crippen LogP) is 3.37. The minimum Gasteiger partial charge on any atom is -0.326 e. The van der Waals surface area contributed by atoms with Crippen molar-refractivity contribution in [1.29, 1.82) is 0 Å². The summed E-state index contributed by atoms with van der Waals surface area (Å²) in [5.41, 5.74) is 1.35. The summed E-state index contributed by atoms with van der Waals surface area (Å²) >= 11 is 0. The van der Waals surface area contributed by atoms with Gasteiger partial charge in [0.1, 0.15) is 6.54 Å². The van der Waals surface area contributed by atoms with E-state index in [1.54, 1.807) is 24.3 Å². The number of benzene rings is 2. The normalized spacial score (nSPS) is 10.5. The van der Waals surface area contributed by atoms with Gasteiger partial charge in [-0.15, -0.1) is 0 Å². The van der Waals surface area contributed by atoms with Crippen molar-refractivity contribution in [1.82, 2.24) is 0 Å². The standard InChI is InChI=1S/C16H15N3O2/c20-15(12-17-19-14-9-5-2-6-10-14)11-16(21)18-13-7-3-1-4-8-13/h1-10H,11-12H2,(H,18,21). The number of carbonyl (C=O) groups is 2. The average molecular weight is 281 g/mol. The zero-order valence-corrected chi connectivity index (χ0v) is 11.4. The number of hydrogen-bond donors (Lipinski definition) is 1. The molecule has 2 aromatic rings. The van der Waals surface area contributed by atoms with Gasteiger partial charge in [0.25, 0.3) is 0 Å². The number of ketones is 1. The van der Waals surface area contributed by atoms with E-state index in [0.29, 0.717) is 11.4 Å². The molecule has 0 radical (unpaired) electrons. The first-order chi connectivity index (χ1) is 10.2. The first-order valence-electron chi connectivity index (χ1n) is 6.53. The van der Waals surface area contributed by atoms with Gasteiger partial charge < -0.3 is 5.32 Å². The van der Waals surface area contributed by atoms with Gasteiger partial charge in [-0.05, 0) is 24.3 Å². The van der Waals surface area contributed by atoms with Crippen LogP contribution in [0, 0.1) is 0 Å². The summed E-state index contributed by atoms with van der Waals surface area (Å²) < 4.78 is 0. The Morgan fingerprint density at radius 1 is 0.905 bits per heavy atom. The number of rotatable bonds is 6. The zero-order valence-electron chi connectivity index (χ0n) is 11.4. The third kappa shape index (κ3) is 5.36. The molecule has 2 rings (SSSR count). The molecule has 1 N–H and O–H groups in total. The predicted molar refractivity (Wildman–Crippen MR) is 80.5 cm³/mol. The SMILES string of the molecule is O=C(CN=Nc1ccccc1)CC(=O)Nc1ccccc1. The van der Waals surface area contributed by atoms with Gasteiger partial charge in [-0.2, -0.15) is 10.2 Å². The second-order valence-electron chi connectivity index (χ2n) is 4.36. The molecule has 0 atom stereocenters. The smallest absolute Gasteiger partial charge is 0.231 e. The second kappa shape index (κ2) is 7.69. The van der Waals surface area contributed by atoms with Crippen molar-refractivity contribution in [3.05, 3.63) is 60.7 Å². The molecule has 0 aromatic heterocycles. The van der Waals surface area contributed by atoms with Crippen molar-refractivity contribution in [2.75, 3.05) is 11.9 Å². The van der Waals surface area contributed by atoms with Crippen molar-refractivity contribution >= 4 is 23.1 Å². The monoisotopic (exact) mass is 281 g/mol. The number of anilines is 1. The van der Waals surface area contributed by atoms with Gasteiger partial charge in [0.15, 0.2) is 5.78 Å². The van der Waals surface area contributed by atoms with Crippen LogP contribution in [0.5, 0.6) is 0 Å². The lowest BCUT2D eigenvalue weighted by Crippen LogP contribution is -2.17. The molecule has 0 aliphatic carbocycles. The van der Waals surface area contributed by atoms with Crippen LogP contribution in [0.15, 0.2) is 70.9 Å². The summed E-state index contributed by atoms with van der Waals surface area (Å²) in [7, 11) is 0. The Balaban J connectivity index is 1.77. The molecule has 0 heterocycles. The molecule has 0 unspecified atom stereocenters. The minimum absolute atomic E-state index is 0.100. The summed E-state index contributed by atoms with van der Waals surface area (Å²) in [6.07, 6.45) is -0.206. The van der Waals surface area contributed by atoms with Crippen LogP contribution in [-0.4, -0.2) is 18.2 Å². The fourth-order valence-corrected chi connectivity index (χ4v) is 1.65. The number of amides is 1. The highest BCUT2D eigenvalue weighted by molar-refractivity contribution is 6.04. The van der Waals surface area contributed by atoms with Crippen LogP contribution < -0.4 is 5.32 Å². The summed E-state index contributed by atoms with van der Waals surface area (Å²) in [5, 5.41) is 10.4. The lowest BCUT2D eigenvalue weighted by molar-refractivity contribution is -0.124. The van der Waals surface area contributed by atoms with Crippen LogP contribution in [0.2, 0.25) is 0 Å². The van der Waals surface area contributed by atoms with E-state index in [-0.39, 0.29) is 24.7 Å². The van der Waals surface area contributed by atoms with Crippen LogP contribution in [0.25, 0.3) is 0 Å². The van der Waals surface area contributed by atoms with Crippen LogP contribution in [0.3, 0.4) is 0 Å². The van der Waals surface area contributed by atoms with Crippen molar-refractivity contribution in [2.45, 2.75) is 6.42 Å². The number of para-hydroxylation sites is 1. The Kier molecular flexibility index (Phi) is 5.34. The zero-order chi connectivity index (χ0) is 14.9. The van der Waals surface area contributed by atoms with Crippen LogP contribution in [-0.2, 0) is 9.59 Å². The first kappa shape index (κ1) is 14.6. The number of nitrogens with zero attached hydrogens (tertiary/aromatic N) is 2. The van der Waals surface area contributed by atoms with Gasteiger partial charge in [-0.3, -0.25) is 9.59 Å². The molecular weight excluding hydrogens is 266 g/mol. The topological polar surface area (TPSA) is 70.9 Å². The highest BCUT2D eigenvalue weighted by Crippen LogP contribution is 2.10. The molecule has 0 spiro atoms. The fourth-order valence-electron chi connectivity index (χ4n) is 1.65. The molecule has 1 amide bonds. The molecular formula is C16H15N3O2. The van der Waals surface area contributed by atoms with Gasteiger partial charge >= 0.3 is 0 Å². The maximum atomic E-state index is 11.7. The van der Waals surface area contributed by atoms with Crippen LogP contribution in [0.4, 0.5) is 11.4 Å². The molecule has 0 bridgehead atoms. The third-order valence-electron chi connectivity index (χ3n) is 2.60. The van der Waals surface area contributed by atoms with Crippen molar-refractivity contribution in [3.8, 4) is 0 Å². The van der Waals surface area contributed by atoms with Crippen molar-refractivity contribution < 1.29 is 9.59 Å². The Morgan fingerprint density at radius 3 is 2.19 bits per heavy atom. The van der Waals surface area contributed by atoms with Crippen molar-refractivity contribution in [2.24, 2.45) is 10.2 Å². The molecule has 2 aromatic carbocycles. The Bertz CT molecular complexity index is 624. The molecule has 0 saturated heterocycles. The van der Waals surface area contributed by atoms with Gasteiger partial charge in [-0.25, -0.2) is 0 Å². The first-order valence-corrected chi connectivity index (χ1v) is 6.53. The summed E-state index contributed by atoms with van der Waals surface area (Å²) in [6.45, 7) is -0.100. The van der Waals surface area contributed by atoms with E-state index in [0.717, 1.165) is 0 Å². The summed E-state index contributed by atoms with van der Waals surface area (Å²) in [6, 6.07) is 18.1. The summed E-state index contributed by atoms with van der Waals surface area (Å²) in [5.74, 6) is -0.621. The Morgan fingerprint density at radius 2 is 1.52 bits per heavy atom. The van der Waals surface area contributed by atoms with Gasteiger partial charge in [0.05, 0.1) is 12.1 Å². The van der Waals surface area contributed by atoms with E-state index in [1.807, 2.05) is 36.4 Å².